The van der Waals surface area contributed by atoms with Gasteiger partial charge < -0.3 is 15.5 Å². The summed E-state index contributed by atoms with van der Waals surface area (Å²) < 4.78 is 0. The molecule has 0 spiro atoms. The number of nitrogens with zero attached hydrogens (tertiary/aromatic N) is 1. The van der Waals surface area contributed by atoms with Crippen LogP contribution in [0.25, 0.3) is 0 Å². The predicted molar refractivity (Wildman–Crippen MR) is 98.6 cm³/mol. The van der Waals surface area contributed by atoms with Crippen molar-refractivity contribution in [3.05, 3.63) is 35.4 Å². The lowest BCUT2D eigenvalue weighted by molar-refractivity contribution is -0.147. The molecule has 0 bridgehead atoms. The Morgan fingerprint density at radius 1 is 1.27 bits per heavy atom. The van der Waals surface area contributed by atoms with Crippen molar-refractivity contribution in [3.63, 3.8) is 0 Å². The molecule has 0 aromatic heterocycles. The Kier molecular flexibility index (Phi) is 5.30. The van der Waals surface area contributed by atoms with Crippen molar-refractivity contribution >= 4 is 17.7 Å². The Hall–Kier alpha value is -2.37. The zero-order chi connectivity index (χ0) is 18.8. The molecule has 140 valence electrons. The zero-order valence-corrected chi connectivity index (χ0v) is 15.6. The summed E-state index contributed by atoms with van der Waals surface area (Å²) in [6.45, 7) is 6.52. The third kappa shape index (κ3) is 3.74. The highest BCUT2D eigenvalue weighted by atomic mass is 16.2. The summed E-state index contributed by atoms with van der Waals surface area (Å²) in [5, 5.41) is 5.82. The molecule has 2 N–H and O–H groups in total. The highest BCUT2D eigenvalue weighted by Gasteiger charge is 2.46. The van der Waals surface area contributed by atoms with Gasteiger partial charge in [0, 0.05) is 18.2 Å². The molecular weight excluding hydrogens is 330 g/mol. The first-order valence-corrected chi connectivity index (χ1v) is 9.39. The van der Waals surface area contributed by atoms with Crippen LogP contribution in [0.15, 0.2) is 24.3 Å². The number of amides is 3. The van der Waals surface area contributed by atoms with Crippen LogP contribution in [0.4, 0.5) is 0 Å². The summed E-state index contributed by atoms with van der Waals surface area (Å²) in [6, 6.07) is 6.39. The number of carbonyl (C=O) groups excluding carboxylic acids is 3. The summed E-state index contributed by atoms with van der Waals surface area (Å²) in [5.41, 5.74) is 1.78. The lowest BCUT2D eigenvalue weighted by Crippen LogP contribution is -2.61. The van der Waals surface area contributed by atoms with Gasteiger partial charge in [-0.25, -0.2) is 0 Å². The third-order valence-corrected chi connectivity index (χ3v) is 5.17. The van der Waals surface area contributed by atoms with E-state index in [4.69, 9.17) is 0 Å². The molecule has 2 heterocycles. The van der Waals surface area contributed by atoms with Gasteiger partial charge in [-0.3, -0.25) is 14.4 Å². The maximum absolute atomic E-state index is 12.7. The van der Waals surface area contributed by atoms with E-state index < -0.39 is 12.1 Å². The smallest absolute Gasteiger partial charge is 0.251 e. The van der Waals surface area contributed by atoms with Crippen LogP contribution >= 0.6 is 0 Å². The molecule has 1 aromatic rings. The lowest BCUT2D eigenvalue weighted by atomic mass is 9.99. The molecule has 3 atom stereocenters. The minimum Gasteiger partial charge on any atom is -0.347 e. The normalized spacial score (nSPS) is 25.2. The lowest BCUT2D eigenvalue weighted by Gasteiger charge is -2.35. The van der Waals surface area contributed by atoms with Crippen LogP contribution in [-0.2, 0) is 16.0 Å². The summed E-state index contributed by atoms with van der Waals surface area (Å²) in [7, 11) is 0. The first kappa shape index (κ1) is 18.4. The van der Waals surface area contributed by atoms with Crippen LogP contribution in [0.2, 0.25) is 0 Å². The molecular formula is C20H27N3O3. The van der Waals surface area contributed by atoms with E-state index in [9.17, 15) is 14.4 Å². The van der Waals surface area contributed by atoms with E-state index >= 15 is 0 Å². The van der Waals surface area contributed by atoms with Gasteiger partial charge in [-0.05, 0) is 42.9 Å². The van der Waals surface area contributed by atoms with Gasteiger partial charge in [0.2, 0.25) is 11.8 Å². The van der Waals surface area contributed by atoms with Gasteiger partial charge >= 0.3 is 0 Å². The van der Waals surface area contributed by atoms with E-state index in [0.29, 0.717) is 30.9 Å². The quantitative estimate of drug-likeness (QED) is 0.838. The molecule has 3 rings (SSSR count). The number of hydrogen-bond donors (Lipinski definition) is 2. The number of hydrogen-bond acceptors (Lipinski definition) is 3. The van der Waals surface area contributed by atoms with Crippen LogP contribution < -0.4 is 10.6 Å². The maximum atomic E-state index is 12.7. The van der Waals surface area contributed by atoms with Crippen molar-refractivity contribution in [2.45, 2.75) is 58.2 Å². The highest BCUT2D eigenvalue weighted by Crippen LogP contribution is 2.25. The van der Waals surface area contributed by atoms with Crippen molar-refractivity contribution < 1.29 is 14.4 Å². The monoisotopic (exact) mass is 357 g/mol. The van der Waals surface area contributed by atoms with Gasteiger partial charge in [-0.15, -0.1) is 0 Å². The number of nitrogens with one attached hydrogen (secondary N) is 2. The Morgan fingerprint density at radius 2 is 1.96 bits per heavy atom. The van der Waals surface area contributed by atoms with E-state index in [1.165, 1.54) is 5.56 Å². The fourth-order valence-corrected chi connectivity index (χ4v) is 3.75. The zero-order valence-electron chi connectivity index (χ0n) is 15.6. The van der Waals surface area contributed by atoms with Gasteiger partial charge in [0.1, 0.15) is 12.1 Å². The average Bonchev–Trinajstić information content (AvgIpc) is 3.03. The average molecular weight is 357 g/mol. The van der Waals surface area contributed by atoms with E-state index in [-0.39, 0.29) is 23.8 Å². The Balaban J connectivity index is 1.64. The van der Waals surface area contributed by atoms with Crippen LogP contribution in [0.1, 0.15) is 49.5 Å². The van der Waals surface area contributed by atoms with Crippen LogP contribution in [-0.4, -0.2) is 47.3 Å². The van der Waals surface area contributed by atoms with E-state index in [0.717, 1.165) is 6.42 Å². The fraction of sp³-hybridized carbons (Fsp3) is 0.550. The number of aryl methyl sites for hydroxylation is 1. The topological polar surface area (TPSA) is 78.5 Å². The van der Waals surface area contributed by atoms with Crippen molar-refractivity contribution in [2.24, 2.45) is 5.92 Å². The molecule has 2 aliphatic rings. The first-order chi connectivity index (χ1) is 12.4. The molecule has 2 fully saturated rings. The number of benzene rings is 1. The molecule has 0 saturated carbocycles. The number of piperazine rings is 1. The van der Waals surface area contributed by atoms with E-state index in [2.05, 4.69) is 17.6 Å². The molecule has 0 unspecified atom stereocenters. The molecule has 6 nitrogen and oxygen atoms in total. The molecule has 0 aliphatic carbocycles. The molecule has 2 aliphatic heterocycles. The Labute approximate surface area is 154 Å². The largest absolute Gasteiger partial charge is 0.347 e. The second kappa shape index (κ2) is 7.48. The Bertz CT molecular complexity index is 699. The molecule has 2 saturated heterocycles. The summed E-state index contributed by atoms with van der Waals surface area (Å²) in [5.74, 6) is 0.0146. The predicted octanol–water partition coefficient (Wildman–Crippen LogP) is 1.49. The molecule has 1 aromatic carbocycles. The number of fused-ring (bicyclic) bond motifs is 1. The second-order valence-corrected chi connectivity index (χ2v) is 7.65. The van der Waals surface area contributed by atoms with Crippen molar-refractivity contribution in [3.8, 4) is 0 Å². The SMILES string of the molecule is CCc1ccc(C(=O)N[C@H]2C[C@H]3C(=O)N[C@@H](CC(C)C)C(=O)N3C2)cc1. The van der Waals surface area contributed by atoms with Gasteiger partial charge in [0.05, 0.1) is 0 Å². The fourth-order valence-electron chi connectivity index (χ4n) is 3.75. The molecule has 3 amide bonds. The first-order valence-electron chi connectivity index (χ1n) is 9.39. The summed E-state index contributed by atoms with van der Waals surface area (Å²) in [4.78, 5) is 39.1. The van der Waals surface area contributed by atoms with Gasteiger partial charge in [-0.2, -0.15) is 0 Å². The minimum atomic E-state index is -0.473. The molecule has 0 radical (unpaired) electrons. The maximum Gasteiger partial charge on any atom is 0.251 e. The van der Waals surface area contributed by atoms with Crippen LogP contribution in [0, 0.1) is 5.92 Å². The molecule has 6 heteroatoms. The molecule has 26 heavy (non-hydrogen) atoms. The van der Waals surface area contributed by atoms with Gasteiger partial charge in [0.25, 0.3) is 5.91 Å². The van der Waals surface area contributed by atoms with Crippen LogP contribution in [0.3, 0.4) is 0 Å². The summed E-state index contributed by atoms with van der Waals surface area (Å²) >= 11 is 0. The number of rotatable bonds is 5. The Morgan fingerprint density at radius 3 is 2.58 bits per heavy atom. The van der Waals surface area contributed by atoms with E-state index in [1.807, 2.05) is 38.1 Å². The van der Waals surface area contributed by atoms with Crippen molar-refractivity contribution in [1.29, 1.82) is 0 Å². The highest BCUT2D eigenvalue weighted by molar-refractivity contribution is 5.98. The summed E-state index contributed by atoms with van der Waals surface area (Å²) in [6.07, 6.45) is 2.02. The minimum absolute atomic E-state index is 0.0349. The van der Waals surface area contributed by atoms with Crippen LogP contribution in [0.5, 0.6) is 0 Å². The third-order valence-electron chi connectivity index (χ3n) is 5.17. The van der Waals surface area contributed by atoms with Gasteiger partial charge in [0.15, 0.2) is 0 Å². The standard InChI is InChI=1S/C20H27N3O3/c1-4-13-5-7-14(8-6-13)18(24)21-15-10-17-19(25)22-16(9-12(2)3)20(26)23(17)11-15/h5-8,12,15-17H,4,9-11H2,1-3H3,(H,21,24)(H,22,25)/t15-,16-,17-/m0/s1. The number of carbonyl (C=O) groups is 3. The van der Waals surface area contributed by atoms with Crippen molar-refractivity contribution in [1.82, 2.24) is 15.5 Å². The van der Waals surface area contributed by atoms with E-state index in [1.54, 1.807) is 4.90 Å². The van der Waals surface area contributed by atoms with Gasteiger partial charge in [-0.1, -0.05) is 32.9 Å². The van der Waals surface area contributed by atoms with Crippen molar-refractivity contribution in [2.75, 3.05) is 6.54 Å². The second-order valence-electron chi connectivity index (χ2n) is 7.65.